The van der Waals surface area contributed by atoms with E-state index in [4.69, 9.17) is 9.15 Å². The van der Waals surface area contributed by atoms with Gasteiger partial charge in [-0.3, -0.25) is 0 Å². The fourth-order valence-electron chi connectivity index (χ4n) is 4.42. The summed E-state index contributed by atoms with van der Waals surface area (Å²) in [6.45, 7) is 2.19. The number of nitrogens with zero attached hydrogens (tertiary/aromatic N) is 1. The first kappa shape index (κ1) is 16.5. The van der Waals surface area contributed by atoms with Crippen LogP contribution in [0.3, 0.4) is 0 Å². The Hall–Kier alpha value is -1.97. The second kappa shape index (κ2) is 6.74. The van der Waals surface area contributed by atoms with E-state index in [1.165, 1.54) is 30.4 Å². The van der Waals surface area contributed by atoms with Crippen LogP contribution in [0.2, 0.25) is 0 Å². The summed E-state index contributed by atoms with van der Waals surface area (Å²) in [5.41, 5.74) is 3.53. The maximum absolute atomic E-state index is 9.18. The van der Waals surface area contributed by atoms with Crippen LogP contribution in [0.5, 0.6) is 5.75 Å². The molecule has 1 fully saturated rings. The van der Waals surface area contributed by atoms with Crippen LogP contribution >= 0.6 is 0 Å². The largest absolute Gasteiger partial charge is 0.487 e. The number of hydrogen-bond donors (Lipinski definition) is 1. The summed E-state index contributed by atoms with van der Waals surface area (Å²) in [6, 6.07) is 6.11. The molecule has 0 amide bonds. The predicted octanol–water partition coefficient (Wildman–Crippen LogP) is 5.09. The lowest BCUT2D eigenvalue weighted by molar-refractivity contribution is 0.0109. The minimum atomic E-state index is 0.0307. The van der Waals surface area contributed by atoms with Crippen molar-refractivity contribution in [2.24, 2.45) is 5.16 Å². The molecule has 0 radical (unpaired) electrons. The summed E-state index contributed by atoms with van der Waals surface area (Å²) in [4.78, 5) is 0. The van der Waals surface area contributed by atoms with Gasteiger partial charge in [0, 0.05) is 17.5 Å². The van der Waals surface area contributed by atoms with E-state index < -0.39 is 0 Å². The molecule has 2 aliphatic rings. The van der Waals surface area contributed by atoms with E-state index in [0.717, 1.165) is 61.7 Å². The average molecular weight is 341 g/mol. The number of hydrogen-bond acceptors (Lipinski definition) is 4. The van der Waals surface area contributed by atoms with Gasteiger partial charge in [-0.05, 0) is 73.7 Å². The van der Waals surface area contributed by atoms with Gasteiger partial charge < -0.3 is 14.4 Å². The molecule has 1 aromatic carbocycles. The van der Waals surface area contributed by atoms with Gasteiger partial charge in [-0.2, -0.15) is 0 Å². The predicted molar refractivity (Wildman–Crippen MR) is 96.9 cm³/mol. The lowest BCUT2D eigenvalue weighted by Gasteiger charge is -2.41. The first-order chi connectivity index (χ1) is 12.2. The minimum absolute atomic E-state index is 0.0307. The molecule has 4 rings (SSSR count). The van der Waals surface area contributed by atoms with Gasteiger partial charge >= 0.3 is 0 Å². The highest BCUT2D eigenvalue weighted by Crippen LogP contribution is 2.43. The number of ether oxygens (including phenoxy) is 1. The summed E-state index contributed by atoms with van der Waals surface area (Å²) in [5, 5.41) is 13.6. The highest BCUT2D eigenvalue weighted by Gasteiger charge is 2.37. The van der Waals surface area contributed by atoms with Crippen molar-refractivity contribution in [1.82, 2.24) is 0 Å². The van der Waals surface area contributed by atoms with Gasteiger partial charge in [0.1, 0.15) is 16.9 Å². The third kappa shape index (κ3) is 3.14. The van der Waals surface area contributed by atoms with Crippen LogP contribution in [0.15, 0.2) is 27.8 Å². The molecule has 4 heteroatoms. The van der Waals surface area contributed by atoms with Crippen LogP contribution in [-0.2, 0) is 12.8 Å². The highest BCUT2D eigenvalue weighted by atomic mass is 16.5. The fraction of sp³-hybridized carbons (Fsp3) is 0.571. The molecule has 0 unspecified atom stereocenters. The molecule has 0 saturated heterocycles. The van der Waals surface area contributed by atoms with Crippen LogP contribution in [0.4, 0.5) is 0 Å². The minimum Gasteiger partial charge on any atom is -0.487 e. The summed E-state index contributed by atoms with van der Waals surface area (Å²) < 4.78 is 12.3. The second-order valence-corrected chi connectivity index (χ2v) is 7.62. The Kier molecular flexibility index (Phi) is 4.45. The van der Waals surface area contributed by atoms with E-state index in [9.17, 15) is 5.21 Å². The Morgan fingerprint density at radius 1 is 1.12 bits per heavy atom. The summed E-state index contributed by atoms with van der Waals surface area (Å²) in [6.07, 6.45) is 11.6. The highest BCUT2D eigenvalue weighted by molar-refractivity contribution is 5.83. The fourth-order valence-corrected chi connectivity index (χ4v) is 4.42. The van der Waals surface area contributed by atoms with Crippen molar-refractivity contribution in [1.29, 1.82) is 0 Å². The van der Waals surface area contributed by atoms with Crippen LogP contribution in [0.25, 0.3) is 11.0 Å². The molecule has 2 heterocycles. The molecular weight excluding hydrogens is 314 g/mol. The van der Waals surface area contributed by atoms with Gasteiger partial charge in [-0.15, -0.1) is 0 Å². The molecule has 2 aromatic rings. The van der Waals surface area contributed by atoms with Gasteiger partial charge in [0.05, 0.1) is 0 Å². The molecule has 1 aromatic heterocycles. The van der Waals surface area contributed by atoms with E-state index in [2.05, 4.69) is 18.1 Å². The molecule has 0 bridgehead atoms. The Morgan fingerprint density at radius 3 is 2.72 bits per heavy atom. The van der Waals surface area contributed by atoms with Crippen molar-refractivity contribution in [2.45, 2.75) is 76.7 Å². The van der Waals surface area contributed by atoms with Crippen LogP contribution in [0, 0.1) is 0 Å². The summed E-state index contributed by atoms with van der Waals surface area (Å²) in [5.74, 6) is 0.959. The Balaban J connectivity index is 1.77. The molecule has 1 aliphatic carbocycles. The zero-order chi connectivity index (χ0) is 17.3. The molecular formula is C21H27NO3. The van der Waals surface area contributed by atoms with Crippen molar-refractivity contribution < 1.29 is 14.4 Å². The zero-order valence-electron chi connectivity index (χ0n) is 15.0. The lowest BCUT2D eigenvalue weighted by Crippen LogP contribution is -2.41. The first-order valence-electron chi connectivity index (χ1n) is 9.70. The number of fused-ring (bicyclic) bond motifs is 2. The van der Waals surface area contributed by atoms with E-state index in [0.29, 0.717) is 0 Å². The topological polar surface area (TPSA) is 55.0 Å². The molecule has 0 atom stereocenters. The van der Waals surface area contributed by atoms with Gasteiger partial charge in [-0.25, -0.2) is 0 Å². The molecule has 1 spiro atoms. The second-order valence-electron chi connectivity index (χ2n) is 7.62. The van der Waals surface area contributed by atoms with E-state index >= 15 is 0 Å². The maximum Gasteiger partial charge on any atom is 0.255 e. The monoisotopic (exact) mass is 341 g/mol. The Morgan fingerprint density at radius 2 is 1.96 bits per heavy atom. The molecule has 1 saturated carbocycles. The Bertz CT molecular complexity index is 831. The van der Waals surface area contributed by atoms with E-state index in [1.54, 1.807) is 0 Å². The van der Waals surface area contributed by atoms with Crippen LogP contribution in [-0.4, -0.2) is 10.8 Å². The van der Waals surface area contributed by atoms with Crippen molar-refractivity contribution in [3.8, 4) is 5.75 Å². The van der Waals surface area contributed by atoms with Crippen molar-refractivity contribution in [3.63, 3.8) is 0 Å². The molecule has 4 nitrogen and oxygen atoms in total. The summed E-state index contributed by atoms with van der Waals surface area (Å²) >= 11 is 0. The molecule has 134 valence electrons. The van der Waals surface area contributed by atoms with Crippen molar-refractivity contribution in [2.75, 3.05) is 0 Å². The van der Waals surface area contributed by atoms with Gasteiger partial charge in [0.25, 0.3) is 5.55 Å². The third-order valence-corrected chi connectivity index (χ3v) is 5.86. The van der Waals surface area contributed by atoms with Gasteiger partial charge in [-0.1, -0.05) is 19.8 Å². The third-order valence-electron chi connectivity index (χ3n) is 5.86. The standard InChI is InChI=1S/C21H27NO3/c1-2-3-7-15-13-20(22-23)24-19-14-18-16(12-17(15)19)8-11-21(25-18)9-5-4-6-10-21/h12-14,23H,2-11H2,1H3/b22-20+. The SMILES string of the molecule is CCCCc1c/c(=N\O)oc2cc3c(cc12)CCC1(CCCCC1)O3. The van der Waals surface area contributed by atoms with Crippen molar-refractivity contribution >= 4 is 11.0 Å². The zero-order valence-corrected chi connectivity index (χ0v) is 15.0. The molecule has 1 N–H and O–H groups in total. The normalized spacial score (nSPS) is 19.8. The van der Waals surface area contributed by atoms with E-state index in [1.807, 2.05) is 12.1 Å². The van der Waals surface area contributed by atoms with E-state index in [-0.39, 0.29) is 11.2 Å². The number of aryl methyl sites for hydroxylation is 2. The van der Waals surface area contributed by atoms with Crippen molar-refractivity contribution in [3.05, 3.63) is 34.9 Å². The van der Waals surface area contributed by atoms with Crippen LogP contribution in [0.1, 0.15) is 69.4 Å². The average Bonchev–Trinajstić information content (AvgIpc) is 2.65. The number of unbranched alkanes of at least 4 members (excludes halogenated alkanes) is 1. The van der Waals surface area contributed by atoms with Gasteiger partial charge in [0.15, 0.2) is 0 Å². The molecule has 25 heavy (non-hydrogen) atoms. The van der Waals surface area contributed by atoms with Gasteiger partial charge in [0.2, 0.25) is 0 Å². The van der Waals surface area contributed by atoms with Crippen LogP contribution < -0.4 is 10.3 Å². The molecule has 1 aliphatic heterocycles. The Labute approximate surface area is 148 Å². The smallest absolute Gasteiger partial charge is 0.255 e. The quantitative estimate of drug-likeness (QED) is 0.624. The first-order valence-corrected chi connectivity index (χ1v) is 9.70. The number of benzene rings is 1. The summed E-state index contributed by atoms with van der Waals surface area (Å²) in [7, 11) is 0. The maximum atomic E-state index is 9.18. The lowest BCUT2D eigenvalue weighted by atomic mass is 9.79. The number of rotatable bonds is 3.